The van der Waals surface area contributed by atoms with Crippen molar-refractivity contribution in [3.8, 4) is 16.9 Å². The summed E-state index contributed by atoms with van der Waals surface area (Å²) >= 11 is 0. The van der Waals surface area contributed by atoms with Gasteiger partial charge in [-0.3, -0.25) is 4.79 Å². The molecule has 0 amide bonds. The van der Waals surface area contributed by atoms with Crippen LogP contribution in [0.15, 0.2) is 97.1 Å². The first kappa shape index (κ1) is 59.5. The van der Waals surface area contributed by atoms with Crippen molar-refractivity contribution in [3.05, 3.63) is 158 Å². The normalized spacial score (nSPS) is 18.7. The number of carbonyl (C=O) groups excluding carboxylic acids is 4. The first-order chi connectivity index (χ1) is 38.2. The molecule has 0 bridgehead atoms. The molecule has 5 aromatic carbocycles. The number of rotatable bonds is 17. The average molecular weight is 1100 g/mol. The molecule has 0 saturated carbocycles. The highest BCUT2D eigenvalue weighted by atomic mass is 16.6. The largest absolute Gasteiger partial charge is 0.507 e. The molecule has 432 valence electrons. The Hall–Kier alpha value is -6.14. The van der Waals surface area contributed by atoms with Gasteiger partial charge in [-0.15, -0.1) is 0 Å². The number of benzene rings is 5. The number of ketones is 1. The molecule has 0 aromatic heterocycles. The van der Waals surface area contributed by atoms with Crippen molar-refractivity contribution < 1.29 is 38.5 Å². The molecule has 2 unspecified atom stereocenters. The van der Waals surface area contributed by atoms with E-state index in [0.717, 1.165) is 100 Å². The summed E-state index contributed by atoms with van der Waals surface area (Å²) in [5, 5.41) is 22.5. The van der Waals surface area contributed by atoms with Crippen LogP contribution in [0.25, 0.3) is 11.1 Å². The van der Waals surface area contributed by atoms with Crippen LogP contribution in [-0.4, -0.2) is 84.9 Å². The van der Waals surface area contributed by atoms with Crippen LogP contribution in [-0.2, 0) is 36.9 Å². The minimum Gasteiger partial charge on any atom is -0.507 e. The molecular weight excluding hydrogens is 1010 g/mol. The van der Waals surface area contributed by atoms with Crippen molar-refractivity contribution in [2.45, 2.75) is 174 Å². The smallest absolute Gasteiger partial charge is 0.339 e. The Morgan fingerprint density at radius 1 is 0.531 bits per heavy atom. The second-order valence-corrected chi connectivity index (χ2v) is 27.1. The number of ether oxygens (including phenoxy) is 3. The van der Waals surface area contributed by atoms with Gasteiger partial charge >= 0.3 is 17.9 Å². The van der Waals surface area contributed by atoms with Gasteiger partial charge in [0.15, 0.2) is 5.78 Å². The summed E-state index contributed by atoms with van der Waals surface area (Å²) in [4.78, 5) is 58.1. The molecule has 11 nitrogen and oxygen atoms in total. The lowest BCUT2D eigenvalue weighted by atomic mass is 9.71. The lowest BCUT2D eigenvalue weighted by Gasteiger charge is -2.42. The summed E-state index contributed by atoms with van der Waals surface area (Å²) < 4.78 is 19.8. The topological polar surface area (TPSA) is 152 Å². The summed E-state index contributed by atoms with van der Waals surface area (Å²) in [7, 11) is 0. The molecule has 3 fully saturated rings. The highest BCUT2D eigenvalue weighted by molar-refractivity contribution is 6.14. The number of fused-ring (bicyclic) bond motifs is 3. The molecule has 11 heteroatoms. The van der Waals surface area contributed by atoms with Gasteiger partial charge in [-0.25, -0.2) is 14.4 Å². The standard InChI is InChI=1S/C70H89N3O8/c1-44-39-45(21-22-47(44)43-70(12,51-29-37-73-38-30-51)80-62(76)46-23-24-53-52-17-15-16-20-56(52)67(7,8)57(53)40-46)60(74)54-18-13-14-19-55(54)64(78)81-69(11,50-27-35-72-36-28-50)32-31-66(5,6)59-42-48(41-58(61(59)75)65(2,3)4)63(77)79-68(9,10)49-25-33-71-34-26-49/h13-24,39-42,49-51,71-73,75H,25-38,43H2,1-12H3. The van der Waals surface area contributed by atoms with Crippen LogP contribution in [0.5, 0.6) is 5.75 Å². The number of hydrogen-bond acceptors (Lipinski definition) is 11. The van der Waals surface area contributed by atoms with Gasteiger partial charge in [-0.05, 0) is 206 Å². The van der Waals surface area contributed by atoms with Gasteiger partial charge in [0.1, 0.15) is 22.6 Å². The predicted molar refractivity (Wildman–Crippen MR) is 322 cm³/mol. The third-order valence-corrected chi connectivity index (χ3v) is 19.2. The number of aryl methyl sites for hydroxylation is 1. The summed E-state index contributed by atoms with van der Waals surface area (Å²) in [6, 6.07) is 30.6. The average Bonchev–Trinajstić information content (AvgIpc) is 3.68. The summed E-state index contributed by atoms with van der Waals surface area (Å²) in [5.74, 6) is -1.12. The van der Waals surface area contributed by atoms with Crippen LogP contribution in [0.1, 0.15) is 208 Å². The van der Waals surface area contributed by atoms with Crippen molar-refractivity contribution in [1.29, 1.82) is 0 Å². The van der Waals surface area contributed by atoms with Gasteiger partial charge in [0.05, 0.1) is 16.7 Å². The monoisotopic (exact) mass is 1100 g/mol. The van der Waals surface area contributed by atoms with Crippen molar-refractivity contribution in [3.63, 3.8) is 0 Å². The Kier molecular flexibility index (Phi) is 17.1. The zero-order chi connectivity index (χ0) is 58.3. The highest BCUT2D eigenvalue weighted by Gasteiger charge is 2.44. The Bertz CT molecular complexity index is 3170. The number of nitrogens with one attached hydrogen (secondary N) is 3. The van der Waals surface area contributed by atoms with Gasteiger partial charge < -0.3 is 35.3 Å². The zero-order valence-corrected chi connectivity index (χ0v) is 50.4. The first-order valence-electron chi connectivity index (χ1n) is 29.9. The lowest BCUT2D eigenvalue weighted by Crippen LogP contribution is -2.46. The predicted octanol–water partition coefficient (Wildman–Crippen LogP) is 13.3. The molecule has 9 rings (SSSR count). The summed E-state index contributed by atoms with van der Waals surface area (Å²) in [6.07, 6.45) is 6.59. The zero-order valence-electron chi connectivity index (χ0n) is 50.4. The van der Waals surface area contributed by atoms with E-state index in [-0.39, 0.29) is 51.8 Å². The minimum absolute atomic E-state index is 0.0158. The molecule has 3 heterocycles. The quantitative estimate of drug-likeness (QED) is 0.0400. The fourth-order valence-electron chi connectivity index (χ4n) is 13.7. The second kappa shape index (κ2) is 23.3. The number of esters is 3. The minimum atomic E-state index is -0.948. The number of hydrogen-bond donors (Lipinski definition) is 4. The third kappa shape index (κ3) is 12.5. The van der Waals surface area contributed by atoms with Gasteiger partial charge in [0.25, 0.3) is 0 Å². The van der Waals surface area contributed by atoms with E-state index in [0.29, 0.717) is 47.1 Å². The van der Waals surface area contributed by atoms with Crippen LogP contribution in [0.4, 0.5) is 0 Å². The van der Waals surface area contributed by atoms with Gasteiger partial charge in [-0.2, -0.15) is 0 Å². The van der Waals surface area contributed by atoms with E-state index in [1.165, 1.54) is 11.1 Å². The maximum atomic E-state index is 14.8. The van der Waals surface area contributed by atoms with Gasteiger partial charge in [0.2, 0.25) is 0 Å². The first-order valence-corrected chi connectivity index (χ1v) is 29.9. The Labute approximate surface area is 482 Å². The summed E-state index contributed by atoms with van der Waals surface area (Å²) in [5.41, 5.74) is 5.83. The van der Waals surface area contributed by atoms with Crippen molar-refractivity contribution in [2.24, 2.45) is 17.8 Å². The van der Waals surface area contributed by atoms with Gasteiger partial charge in [0, 0.05) is 51.8 Å². The van der Waals surface area contributed by atoms with Crippen LogP contribution in [0.3, 0.4) is 0 Å². The maximum absolute atomic E-state index is 14.8. The molecular formula is C70H89N3O8. The van der Waals surface area contributed by atoms with Crippen LogP contribution in [0.2, 0.25) is 0 Å². The van der Waals surface area contributed by atoms with E-state index in [2.05, 4.69) is 80.9 Å². The van der Waals surface area contributed by atoms with E-state index in [1.54, 1.807) is 36.4 Å². The van der Waals surface area contributed by atoms with Crippen LogP contribution >= 0.6 is 0 Å². The van der Waals surface area contributed by atoms with Crippen LogP contribution in [0, 0.1) is 24.7 Å². The number of aromatic hydroxyl groups is 1. The molecule has 2 atom stereocenters. The number of phenols is 1. The Morgan fingerprint density at radius 2 is 1.05 bits per heavy atom. The van der Waals surface area contributed by atoms with Gasteiger partial charge in [-0.1, -0.05) is 109 Å². The van der Waals surface area contributed by atoms with E-state index < -0.39 is 39.6 Å². The van der Waals surface area contributed by atoms with Crippen molar-refractivity contribution in [1.82, 2.24) is 16.0 Å². The summed E-state index contributed by atoms with van der Waals surface area (Å²) in [6.45, 7) is 29.7. The van der Waals surface area contributed by atoms with Crippen molar-refractivity contribution in [2.75, 3.05) is 39.3 Å². The second-order valence-electron chi connectivity index (χ2n) is 27.1. The molecule has 4 N–H and O–H groups in total. The molecule has 3 saturated heterocycles. The SMILES string of the molecule is Cc1cc(C(=O)c2ccccc2C(=O)OC(C)(CCC(C)(C)c2cc(C(=O)OC(C)(C)C3CCNCC3)cc(C(C)(C)C)c2O)C2CCNCC2)ccc1CC(C)(OC(=O)c1ccc2c(c1)C(C)(C)c1ccccc1-2)C1CCNCC1. The lowest BCUT2D eigenvalue weighted by molar-refractivity contribution is -0.0562. The molecule has 0 radical (unpaired) electrons. The number of carbonyl (C=O) groups is 4. The van der Waals surface area contributed by atoms with E-state index >= 15 is 0 Å². The molecule has 0 spiro atoms. The fourth-order valence-corrected chi connectivity index (χ4v) is 13.7. The van der Waals surface area contributed by atoms with E-state index in [1.807, 2.05) is 78.8 Å². The molecule has 1 aliphatic carbocycles. The molecule has 4 aliphatic rings. The number of phenolic OH excluding ortho intramolecular Hbond substituents is 1. The number of piperidine rings is 3. The fraction of sp³-hybridized carbons (Fsp3) is 0.514. The van der Waals surface area contributed by atoms with E-state index in [9.17, 15) is 24.3 Å². The third-order valence-electron chi connectivity index (χ3n) is 19.2. The molecule has 81 heavy (non-hydrogen) atoms. The van der Waals surface area contributed by atoms with Crippen molar-refractivity contribution >= 4 is 23.7 Å². The molecule has 3 aliphatic heterocycles. The maximum Gasteiger partial charge on any atom is 0.339 e. The van der Waals surface area contributed by atoms with Crippen LogP contribution < -0.4 is 16.0 Å². The Morgan fingerprint density at radius 3 is 1.67 bits per heavy atom. The highest BCUT2D eigenvalue weighted by Crippen LogP contribution is 2.50. The molecule has 5 aromatic rings. The Balaban J connectivity index is 0.938. The van der Waals surface area contributed by atoms with E-state index in [4.69, 9.17) is 14.2 Å².